The number of rotatable bonds is 4. The molecule has 3 heterocycles. The smallest absolute Gasteiger partial charge is 0.283 e. The summed E-state index contributed by atoms with van der Waals surface area (Å²) >= 11 is 5.48. The lowest BCUT2D eigenvalue weighted by molar-refractivity contribution is -0.385. The van der Waals surface area contributed by atoms with E-state index in [0.29, 0.717) is 9.75 Å². The first kappa shape index (κ1) is 19.4. The third-order valence-electron chi connectivity index (χ3n) is 3.97. The van der Waals surface area contributed by atoms with Gasteiger partial charge in [0.05, 0.1) is 18.5 Å². The number of hydrogen-bond acceptors (Lipinski definition) is 7. The van der Waals surface area contributed by atoms with Gasteiger partial charge in [-0.3, -0.25) is 14.9 Å². The minimum atomic E-state index is -3.57. The Morgan fingerprint density at radius 2 is 1.88 bits per heavy atom. The number of carbonyl (C=O) groups is 1. The minimum absolute atomic E-state index is 0.0668. The maximum absolute atomic E-state index is 12.6. The van der Waals surface area contributed by atoms with E-state index in [0.717, 1.165) is 26.5 Å². The van der Waals surface area contributed by atoms with Crippen LogP contribution >= 0.6 is 38.6 Å². The molecule has 0 saturated carbocycles. The number of amides is 1. The number of nitro groups is 1. The van der Waals surface area contributed by atoms with Gasteiger partial charge in [0.1, 0.15) is 4.21 Å². The predicted octanol–water partition coefficient (Wildman–Crippen LogP) is 2.94. The molecule has 0 bridgehead atoms. The standard InChI is InChI=1S/C14H14BrN3O5S3/c1-9-10(18(20)21)8-11(24-9)14(19)16-4-6-17(7-5-16)26(22,23)13-3-2-12(15)25-13/h2-3,8H,4-7H2,1H3. The zero-order chi connectivity index (χ0) is 19.1. The van der Waals surface area contributed by atoms with Crippen LogP contribution in [0.25, 0.3) is 0 Å². The molecule has 1 aliphatic rings. The molecule has 0 spiro atoms. The molecule has 1 fully saturated rings. The Hall–Kier alpha value is -1.34. The molecule has 1 saturated heterocycles. The van der Waals surface area contributed by atoms with Crippen molar-refractivity contribution in [2.45, 2.75) is 11.1 Å². The van der Waals surface area contributed by atoms with Crippen molar-refractivity contribution in [2.24, 2.45) is 0 Å². The van der Waals surface area contributed by atoms with Crippen molar-refractivity contribution in [3.8, 4) is 0 Å². The molecule has 8 nitrogen and oxygen atoms in total. The summed E-state index contributed by atoms with van der Waals surface area (Å²) in [4.78, 5) is 25.3. The molecule has 2 aromatic rings. The number of halogens is 1. The highest BCUT2D eigenvalue weighted by Gasteiger charge is 2.32. The summed E-state index contributed by atoms with van der Waals surface area (Å²) in [6, 6.07) is 4.52. The largest absolute Gasteiger partial charge is 0.335 e. The molecule has 140 valence electrons. The monoisotopic (exact) mass is 479 g/mol. The van der Waals surface area contributed by atoms with Gasteiger partial charge in [-0.1, -0.05) is 0 Å². The molecule has 0 unspecified atom stereocenters. The number of thiophene rings is 2. The van der Waals surface area contributed by atoms with Crippen molar-refractivity contribution in [2.75, 3.05) is 26.2 Å². The SMILES string of the molecule is Cc1sc(C(=O)N2CCN(S(=O)(=O)c3ccc(Br)s3)CC2)cc1[N+](=O)[O-]. The number of nitrogens with zero attached hydrogens (tertiary/aromatic N) is 3. The molecule has 1 amide bonds. The van der Waals surface area contributed by atoms with Gasteiger partial charge in [0.2, 0.25) is 0 Å². The molecule has 0 radical (unpaired) electrons. The Morgan fingerprint density at radius 1 is 1.23 bits per heavy atom. The second-order valence-electron chi connectivity index (χ2n) is 5.56. The molecule has 2 aromatic heterocycles. The normalized spacial score (nSPS) is 16.0. The Morgan fingerprint density at radius 3 is 2.38 bits per heavy atom. The molecule has 0 N–H and O–H groups in total. The Labute approximate surface area is 166 Å². The number of hydrogen-bond donors (Lipinski definition) is 0. The first-order valence-corrected chi connectivity index (χ1v) is 11.4. The van der Waals surface area contributed by atoms with Gasteiger partial charge in [0, 0.05) is 32.2 Å². The highest BCUT2D eigenvalue weighted by Crippen LogP contribution is 2.31. The van der Waals surface area contributed by atoms with Crippen molar-refractivity contribution in [1.82, 2.24) is 9.21 Å². The molecule has 3 rings (SSSR count). The van der Waals surface area contributed by atoms with E-state index in [9.17, 15) is 23.3 Å². The molecular weight excluding hydrogens is 466 g/mol. The average Bonchev–Trinajstić information content (AvgIpc) is 3.20. The molecular formula is C14H14BrN3O5S3. The van der Waals surface area contributed by atoms with E-state index in [-0.39, 0.29) is 42.0 Å². The molecule has 0 aromatic carbocycles. The predicted molar refractivity (Wildman–Crippen MR) is 102 cm³/mol. The Kier molecular flexibility index (Phi) is 5.49. The maximum Gasteiger partial charge on any atom is 0.283 e. The average molecular weight is 480 g/mol. The second kappa shape index (κ2) is 7.35. The van der Waals surface area contributed by atoms with Gasteiger partial charge in [-0.25, -0.2) is 8.42 Å². The summed E-state index contributed by atoms with van der Waals surface area (Å²) in [5.41, 5.74) is -0.0668. The van der Waals surface area contributed by atoms with Crippen molar-refractivity contribution in [3.63, 3.8) is 0 Å². The molecule has 12 heteroatoms. The van der Waals surface area contributed by atoms with Crippen LogP contribution in [-0.4, -0.2) is 54.6 Å². The zero-order valence-corrected chi connectivity index (χ0v) is 17.6. The first-order valence-electron chi connectivity index (χ1n) is 7.49. The second-order valence-corrected chi connectivity index (χ2v) is 11.4. The van der Waals surface area contributed by atoms with Crippen LogP contribution in [0, 0.1) is 17.0 Å². The van der Waals surface area contributed by atoms with Crippen LogP contribution in [-0.2, 0) is 10.0 Å². The summed E-state index contributed by atoms with van der Waals surface area (Å²) in [5, 5.41) is 10.9. The topological polar surface area (TPSA) is 101 Å². The van der Waals surface area contributed by atoms with E-state index in [4.69, 9.17) is 0 Å². The molecule has 0 atom stereocenters. The van der Waals surface area contributed by atoms with E-state index in [1.54, 1.807) is 19.1 Å². The van der Waals surface area contributed by atoms with Crippen molar-refractivity contribution >= 4 is 60.2 Å². The van der Waals surface area contributed by atoms with Crippen LogP contribution in [0.5, 0.6) is 0 Å². The lowest BCUT2D eigenvalue weighted by atomic mass is 10.3. The van der Waals surface area contributed by atoms with Crippen LogP contribution in [0.4, 0.5) is 5.69 Å². The van der Waals surface area contributed by atoms with Crippen LogP contribution < -0.4 is 0 Å². The number of piperazine rings is 1. The number of carbonyl (C=O) groups excluding carboxylic acids is 1. The highest BCUT2D eigenvalue weighted by molar-refractivity contribution is 9.11. The maximum atomic E-state index is 12.6. The number of sulfonamides is 1. The molecule has 26 heavy (non-hydrogen) atoms. The van der Waals surface area contributed by atoms with Crippen LogP contribution in [0.1, 0.15) is 14.5 Å². The zero-order valence-electron chi connectivity index (χ0n) is 13.5. The quantitative estimate of drug-likeness (QED) is 0.495. The van der Waals surface area contributed by atoms with E-state index in [1.165, 1.54) is 15.3 Å². The third-order valence-corrected chi connectivity index (χ3v) is 8.99. The first-order chi connectivity index (χ1) is 12.2. The number of aryl methyl sites for hydroxylation is 1. The van der Waals surface area contributed by atoms with Gasteiger partial charge in [-0.15, -0.1) is 22.7 Å². The van der Waals surface area contributed by atoms with Crippen LogP contribution in [0.3, 0.4) is 0 Å². The van der Waals surface area contributed by atoms with Crippen LogP contribution in [0.2, 0.25) is 0 Å². The minimum Gasteiger partial charge on any atom is -0.335 e. The summed E-state index contributed by atoms with van der Waals surface area (Å²) in [6.07, 6.45) is 0. The van der Waals surface area contributed by atoms with Gasteiger partial charge >= 0.3 is 0 Å². The van der Waals surface area contributed by atoms with Crippen molar-refractivity contribution < 1.29 is 18.1 Å². The van der Waals surface area contributed by atoms with Gasteiger partial charge in [-0.05, 0) is 35.0 Å². The summed E-state index contributed by atoms with van der Waals surface area (Å²) in [5.74, 6) is -0.304. The molecule has 1 aliphatic heterocycles. The van der Waals surface area contributed by atoms with E-state index >= 15 is 0 Å². The Bertz CT molecular complexity index is 960. The van der Waals surface area contributed by atoms with E-state index in [1.807, 2.05) is 0 Å². The van der Waals surface area contributed by atoms with E-state index in [2.05, 4.69) is 15.9 Å². The van der Waals surface area contributed by atoms with Crippen molar-refractivity contribution in [3.05, 3.63) is 41.9 Å². The summed E-state index contributed by atoms with van der Waals surface area (Å²) in [7, 11) is -3.57. The highest BCUT2D eigenvalue weighted by atomic mass is 79.9. The lowest BCUT2D eigenvalue weighted by Gasteiger charge is -2.33. The summed E-state index contributed by atoms with van der Waals surface area (Å²) < 4.78 is 27.6. The molecule has 0 aliphatic carbocycles. The van der Waals surface area contributed by atoms with Crippen molar-refractivity contribution in [1.29, 1.82) is 0 Å². The third kappa shape index (κ3) is 3.69. The van der Waals surface area contributed by atoms with Crippen LogP contribution in [0.15, 0.2) is 26.2 Å². The summed E-state index contributed by atoms with van der Waals surface area (Å²) in [6.45, 7) is 2.47. The fourth-order valence-corrected chi connectivity index (χ4v) is 7.15. The van der Waals surface area contributed by atoms with Gasteiger partial charge in [0.25, 0.3) is 21.6 Å². The van der Waals surface area contributed by atoms with Gasteiger partial charge in [0.15, 0.2) is 0 Å². The van der Waals surface area contributed by atoms with Gasteiger partial charge < -0.3 is 4.90 Å². The Balaban J connectivity index is 1.69. The van der Waals surface area contributed by atoms with E-state index < -0.39 is 14.9 Å². The fraction of sp³-hybridized carbons (Fsp3) is 0.357. The fourth-order valence-electron chi connectivity index (χ4n) is 2.61. The lowest BCUT2D eigenvalue weighted by Crippen LogP contribution is -2.50. The van der Waals surface area contributed by atoms with Gasteiger partial charge in [-0.2, -0.15) is 4.31 Å².